The van der Waals surface area contributed by atoms with Crippen molar-refractivity contribution in [2.45, 2.75) is 24.7 Å². The fourth-order valence-electron chi connectivity index (χ4n) is 2.58. The van der Waals surface area contributed by atoms with E-state index in [2.05, 4.69) is 16.9 Å². The summed E-state index contributed by atoms with van der Waals surface area (Å²) in [6.45, 7) is 5.96. The van der Waals surface area contributed by atoms with Crippen LogP contribution in [0.2, 0.25) is 5.02 Å². The van der Waals surface area contributed by atoms with Crippen molar-refractivity contribution in [1.29, 1.82) is 0 Å². The predicted molar refractivity (Wildman–Crippen MR) is 113 cm³/mol. The van der Waals surface area contributed by atoms with Crippen molar-refractivity contribution in [2.75, 3.05) is 5.75 Å². The number of nitrogens with one attached hydrogen (secondary N) is 1. The van der Waals surface area contributed by atoms with Gasteiger partial charge >= 0.3 is 0 Å². The molecule has 3 aromatic rings. The lowest BCUT2D eigenvalue weighted by Gasteiger charge is -2.15. The molecule has 0 radical (unpaired) electrons. The molecule has 2 heterocycles. The number of amides is 1. The number of rotatable bonds is 7. The first-order valence-corrected chi connectivity index (χ1v) is 10.5. The van der Waals surface area contributed by atoms with Gasteiger partial charge in [0.25, 0.3) is 5.56 Å². The number of benzene rings is 1. The van der Waals surface area contributed by atoms with E-state index >= 15 is 0 Å². The summed E-state index contributed by atoms with van der Waals surface area (Å²) in [5.74, 6) is 0.0337. The molecule has 1 unspecified atom stereocenters. The molecular formula is C19H18ClN3O2S2. The van der Waals surface area contributed by atoms with E-state index < -0.39 is 0 Å². The number of aromatic nitrogens is 2. The Balaban J connectivity index is 1.71. The molecule has 3 rings (SSSR count). The minimum absolute atomic E-state index is 0.112. The highest BCUT2D eigenvalue weighted by Crippen LogP contribution is 2.22. The standard InChI is InChI=1S/C19H18ClN3O2S2/c1-3-9-23-18(25)15-8-10-26-17(15)22-19(23)27-11-16(24)21-12(2)13-4-6-14(20)7-5-13/h3-8,10,12H,1,9,11H2,2H3,(H,21,24). The Morgan fingerprint density at radius 1 is 1.41 bits per heavy atom. The van der Waals surface area contributed by atoms with Gasteiger partial charge in [-0.05, 0) is 36.1 Å². The smallest absolute Gasteiger partial charge is 0.263 e. The van der Waals surface area contributed by atoms with Crippen molar-refractivity contribution in [1.82, 2.24) is 14.9 Å². The van der Waals surface area contributed by atoms with E-state index in [1.807, 2.05) is 24.4 Å². The van der Waals surface area contributed by atoms with E-state index in [4.69, 9.17) is 11.6 Å². The number of allylic oxidation sites excluding steroid dienone is 1. The van der Waals surface area contributed by atoms with Crippen LogP contribution in [-0.2, 0) is 11.3 Å². The summed E-state index contributed by atoms with van der Waals surface area (Å²) in [6, 6.07) is 8.98. The quantitative estimate of drug-likeness (QED) is 0.353. The zero-order chi connectivity index (χ0) is 19.4. The number of halogens is 1. The van der Waals surface area contributed by atoms with Crippen LogP contribution >= 0.6 is 34.7 Å². The van der Waals surface area contributed by atoms with Crippen molar-refractivity contribution < 1.29 is 4.79 Å². The second-order valence-corrected chi connectivity index (χ2v) is 8.14. The lowest BCUT2D eigenvalue weighted by molar-refractivity contribution is -0.119. The summed E-state index contributed by atoms with van der Waals surface area (Å²) in [4.78, 5) is 30.2. The molecule has 0 saturated carbocycles. The third-order valence-electron chi connectivity index (χ3n) is 3.94. The first-order valence-electron chi connectivity index (χ1n) is 8.26. The highest BCUT2D eigenvalue weighted by atomic mass is 35.5. The van der Waals surface area contributed by atoms with Crippen LogP contribution in [0.3, 0.4) is 0 Å². The maximum absolute atomic E-state index is 12.6. The lowest BCUT2D eigenvalue weighted by Crippen LogP contribution is -2.29. The third-order valence-corrected chi connectivity index (χ3v) is 5.97. The van der Waals surface area contributed by atoms with Crippen LogP contribution in [0, 0.1) is 0 Å². The van der Waals surface area contributed by atoms with Crippen LogP contribution < -0.4 is 10.9 Å². The van der Waals surface area contributed by atoms with Gasteiger partial charge in [0.1, 0.15) is 4.83 Å². The lowest BCUT2D eigenvalue weighted by atomic mass is 10.1. The summed E-state index contributed by atoms with van der Waals surface area (Å²) in [5, 5.41) is 6.55. The Morgan fingerprint density at radius 3 is 2.85 bits per heavy atom. The molecule has 0 aliphatic carbocycles. The molecule has 0 spiro atoms. The average molecular weight is 420 g/mol. The van der Waals surface area contributed by atoms with Crippen LogP contribution in [0.15, 0.2) is 58.3 Å². The fourth-order valence-corrected chi connectivity index (χ4v) is 4.33. The number of nitrogens with zero attached hydrogens (tertiary/aromatic N) is 2. The van der Waals surface area contributed by atoms with E-state index in [9.17, 15) is 9.59 Å². The number of carbonyl (C=O) groups is 1. The molecule has 27 heavy (non-hydrogen) atoms. The third kappa shape index (κ3) is 4.61. The van der Waals surface area contributed by atoms with Crippen molar-refractivity contribution in [3.8, 4) is 0 Å². The van der Waals surface area contributed by atoms with E-state index in [-0.39, 0.29) is 23.3 Å². The summed E-state index contributed by atoms with van der Waals surface area (Å²) >= 11 is 8.55. The predicted octanol–water partition coefficient (Wildman–Crippen LogP) is 4.27. The van der Waals surface area contributed by atoms with Crippen molar-refractivity contribution in [3.05, 3.63) is 69.3 Å². The SMILES string of the molecule is C=CCn1c(SCC(=O)NC(C)c2ccc(Cl)cc2)nc2sccc2c1=O. The minimum atomic E-state index is -0.140. The Labute approximate surface area is 170 Å². The van der Waals surface area contributed by atoms with E-state index in [1.54, 1.807) is 28.8 Å². The number of thioether (sulfide) groups is 1. The Bertz CT molecular complexity index is 1030. The van der Waals surface area contributed by atoms with Gasteiger partial charge in [0.2, 0.25) is 5.91 Å². The molecule has 5 nitrogen and oxygen atoms in total. The summed E-state index contributed by atoms with van der Waals surface area (Å²) in [7, 11) is 0. The number of hydrogen-bond acceptors (Lipinski definition) is 5. The van der Waals surface area contributed by atoms with Gasteiger partial charge in [-0.15, -0.1) is 17.9 Å². The van der Waals surface area contributed by atoms with Crippen LogP contribution in [0.25, 0.3) is 10.2 Å². The number of fused-ring (bicyclic) bond motifs is 1. The molecule has 1 amide bonds. The van der Waals surface area contributed by atoms with Gasteiger partial charge in [-0.3, -0.25) is 14.2 Å². The maximum atomic E-state index is 12.6. The second-order valence-electron chi connectivity index (χ2n) is 5.87. The van der Waals surface area contributed by atoms with Gasteiger partial charge in [-0.1, -0.05) is 41.6 Å². The fraction of sp³-hybridized carbons (Fsp3) is 0.211. The Morgan fingerprint density at radius 2 is 2.15 bits per heavy atom. The van der Waals surface area contributed by atoms with Gasteiger partial charge in [0.15, 0.2) is 5.16 Å². The van der Waals surface area contributed by atoms with Gasteiger partial charge in [0, 0.05) is 11.6 Å². The number of carbonyl (C=O) groups excluding carboxylic acids is 1. The van der Waals surface area contributed by atoms with Crippen LogP contribution in [0.5, 0.6) is 0 Å². The van der Waals surface area contributed by atoms with Gasteiger partial charge in [0.05, 0.1) is 17.2 Å². The number of hydrogen-bond donors (Lipinski definition) is 1. The second kappa shape index (κ2) is 8.73. The first-order chi connectivity index (χ1) is 13.0. The molecule has 8 heteroatoms. The minimum Gasteiger partial charge on any atom is -0.349 e. The summed E-state index contributed by atoms with van der Waals surface area (Å²) in [6.07, 6.45) is 1.65. The van der Waals surface area contributed by atoms with Crippen LogP contribution in [-0.4, -0.2) is 21.2 Å². The molecule has 2 aromatic heterocycles. The molecule has 1 aromatic carbocycles. The zero-order valence-electron chi connectivity index (χ0n) is 14.6. The van der Waals surface area contributed by atoms with E-state index in [0.717, 1.165) is 5.56 Å². The highest BCUT2D eigenvalue weighted by Gasteiger charge is 2.15. The largest absolute Gasteiger partial charge is 0.349 e. The molecule has 1 atom stereocenters. The van der Waals surface area contributed by atoms with Crippen molar-refractivity contribution in [3.63, 3.8) is 0 Å². The summed E-state index contributed by atoms with van der Waals surface area (Å²) < 4.78 is 1.54. The van der Waals surface area contributed by atoms with E-state index in [1.165, 1.54) is 23.1 Å². The average Bonchev–Trinajstić information content (AvgIpc) is 3.12. The molecule has 0 saturated heterocycles. The monoisotopic (exact) mass is 419 g/mol. The topological polar surface area (TPSA) is 64.0 Å². The Kier molecular flexibility index (Phi) is 6.36. The van der Waals surface area contributed by atoms with Crippen LogP contribution in [0.1, 0.15) is 18.5 Å². The molecular weight excluding hydrogens is 402 g/mol. The van der Waals surface area contributed by atoms with Gasteiger partial charge in [-0.25, -0.2) is 4.98 Å². The van der Waals surface area contributed by atoms with Crippen molar-refractivity contribution in [2.24, 2.45) is 0 Å². The molecule has 0 aliphatic rings. The summed E-state index contributed by atoms with van der Waals surface area (Å²) in [5.41, 5.74) is 0.859. The van der Waals surface area contributed by atoms with Gasteiger partial charge in [-0.2, -0.15) is 0 Å². The highest BCUT2D eigenvalue weighted by molar-refractivity contribution is 7.99. The van der Waals surface area contributed by atoms with Gasteiger partial charge < -0.3 is 5.32 Å². The normalized spacial score (nSPS) is 12.1. The number of thiophene rings is 1. The Hall–Kier alpha value is -2.09. The maximum Gasteiger partial charge on any atom is 0.263 e. The van der Waals surface area contributed by atoms with Crippen molar-refractivity contribution >= 4 is 50.8 Å². The van der Waals surface area contributed by atoms with E-state index in [0.29, 0.717) is 26.9 Å². The molecule has 0 fully saturated rings. The zero-order valence-corrected chi connectivity index (χ0v) is 17.0. The molecule has 0 bridgehead atoms. The molecule has 0 aliphatic heterocycles. The first kappa shape index (κ1) is 19.7. The van der Waals surface area contributed by atoms with Crippen LogP contribution in [0.4, 0.5) is 0 Å². The molecule has 1 N–H and O–H groups in total. The molecule has 140 valence electrons.